The lowest BCUT2D eigenvalue weighted by Crippen LogP contribution is -2.40. The minimum absolute atomic E-state index is 0.437. The van der Waals surface area contributed by atoms with Gasteiger partial charge in [0.2, 0.25) is 10.0 Å². The fourth-order valence-electron chi connectivity index (χ4n) is 3.26. The third-order valence-electron chi connectivity index (χ3n) is 4.43. The van der Waals surface area contributed by atoms with Crippen molar-refractivity contribution in [3.05, 3.63) is 28.1 Å². The van der Waals surface area contributed by atoms with Crippen LogP contribution in [0.3, 0.4) is 0 Å². The first-order chi connectivity index (χ1) is 10.9. The first-order valence-electron chi connectivity index (χ1n) is 7.77. The van der Waals surface area contributed by atoms with Crippen LogP contribution in [0.15, 0.2) is 23.1 Å². The van der Waals surface area contributed by atoms with Gasteiger partial charge in [-0.05, 0) is 57.5 Å². The van der Waals surface area contributed by atoms with E-state index >= 15 is 0 Å². The number of aryl methyl sites for hydroxylation is 1. The summed E-state index contributed by atoms with van der Waals surface area (Å²) in [6.07, 6.45) is 1.81. The van der Waals surface area contributed by atoms with Crippen LogP contribution in [-0.2, 0) is 10.0 Å². The summed E-state index contributed by atoms with van der Waals surface area (Å²) in [6, 6.07) is 5.47. The van der Waals surface area contributed by atoms with Gasteiger partial charge >= 0.3 is 0 Å². The Morgan fingerprint density at radius 3 is 2.70 bits per heavy atom. The van der Waals surface area contributed by atoms with Crippen LogP contribution in [0.4, 0.5) is 0 Å². The molecule has 1 aromatic heterocycles. The fourth-order valence-corrected chi connectivity index (χ4v) is 6.64. The van der Waals surface area contributed by atoms with Gasteiger partial charge in [0.15, 0.2) is 0 Å². The van der Waals surface area contributed by atoms with Gasteiger partial charge in [-0.25, -0.2) is 8.42 Å². The molecule has 7 heteroatoms. The van der Waals surface area contributed by atoms with Crippen molar-refractivity contribution < 1.29 is 8.42 Å². The van der Waals surface area contributed by atoms with Crippen molar-refractivity contribution >= 4 is 43.0 Å². The zero-order valence-electron chi connectivity index (χ0n) is 13.3. The predicted molar refractivity (Wildman–Crippen MR) is 97.0 cm³/mol. The summed E-state index contributed by atoms with van der Waals surface area (Å²) in [5.74, 6) is 0.557. The number of hydrogen-bond donors (Lipinski definition) is 1. The van der Waals surface area contributed by atoms with Crippen molar-refractivity contribution in [3.8, 4) is 0 Å². The van der Waals surface area contributed by atoms with Crippen molar-refractivity contribution in [3.63, 3.8) is 0 Å². The smallest absolute Gasteiger partial charge is 0.244 e. The average molecular weight is 373 g/mol. The standard InChI is InChI=1S/C16H21ClN2O2S2/c1-11-16(14-9-13(17)3-4-15(14)22-11)23(20,21)19-7-5-12(6-8-19)10-18-2/h3-4,9,12,18H,5-8,10H2,1-2H3. The normalized spacial score (nSPS) is 17.9. The molecule has 2 aromatic rings. The third-order valence-corrected chi connectivity index (χ3v) is 7.97. The lowest BCUT2D eigenvalue weighted by molar-refractivity contribution is 0.271. The number of fused-ring (bicyclic) bond motifs is 1. The number of halogens is 1. The van der Waals surface area contributed by atoms with Crippen molar-refractivity contribution in [1.82, 2.24) is 9.62 Å². The summed E-state index contributed by atoms with van der Waals surface area (Å²) < 4.78 is 28.9. The minimum atomic E-state index is -3.47. The Bertz CT molecular complexity index is 809. The molecule has 1 aromatic carbocycles. The Hall–Kier alpha value is -0.660. The molecule has 1 N–H and O–H groups in total. The monoisotopic (exact) mass is 372 g/mol. The van der Waals surface area contributed by atoms with Crippen LogP contribution < -0.4 is 5.32 Å². The fraction of sp³-hybridized carbons (Fsp3) is 0.500. The number of hydrogen-bond acceptors (Lipinski definition) is 4. The molecule has 2 heterocycles. The van der Waals surface area contributed by atoms with Gasteiger partial charge in [0.1, 0.15) is 4.90 Å². The summed E-state index contributed by atoms with van der Waals surface area (Å²) in [5, 5.41) is 4.49. The van der Waals surface area contributed by atoms with Gasteiger partial charge in [-0.15, -0.1) is 11.3 Å². The Balaban J connectivity index is 1.95. The van der Waals surface area contributed by atoms with E-state index in [0.29, 0.717) is 28.9 Å². The van der Waals surface area contributed by atoms with E-state index in [4.69, 9.17) is 11.6 Å². The van der Waals surface area contributed by atoms with E-state index in [1.54, 1.807) is 16.4 Å². The van der Waals surface area contributed by atoms with Gasteiger partial charge in [0.25, 0.3) is 0 Å². The molecule has 3 rings (SSSR count). The SMILES string of the molecule is CNCC1CCN(S(=O)(=O)c2c(C)sc3ccc(Cl)cc23)CC1. The third kappa shape index (κ3) is 3.28. The van der Waals surface area contributed by atoms with Crippen LogP contribution in [0.25, 0.3) is 10.1 Å². The highest BCUT2D eigenvalue weighted by Gasteiger charge is 2.32. The van der Waals surface area contributed by atoms with Gasteiger partial charge in [0.05, 0.1) is 0 Å². The van der Waals surface area contributed by atoms with Crippen molar-refractivity contribution in [2.24, 2.45) is 5.92 Å². The number of piperidine rings is 1. The molecule has 0 amide bonds. The van der Waals surface area contributed by atoms with Gasteiger partial charge in [-0.1, -0.05) is 11.6 Å². The van der Waals surface area contributed by atoms with Crippen molar-refractivity contribution in [1.29, 1.82) is 0 Å². The summed E-state index contributed by atoms with van der Waals surface area (Å²) in [7, 11) is -1.53. The van der Waals surface area contributed by atoms with E-state index in [2.05, 4.69) is 5.32 Å². The molecule has 0 spiro atoms. The number of benzene rings is 1. The summed E-state index contributed by atoms with van der Waals surface area (Å²) in [5.41, 5.74) is 0. The lowest BCUT2D eigenvalue weighted by Gasteiger charge is -2.31. The van der Waals surface area contributed by atoms with Crippen molar-refractivity contribution in [2.75, 3.05) is 26.7 Å². The second-order valence-corrected chi connectivity index (χ2v) is 9.60. The number of nitrogens with one attached hydrogen (secondary N) is 1. The molecule has 0 bridgehead atoms. The zero-order chi connectivity index (χ0) is 16.6. The van der Waals surface area contributed by atoms with E-state index in [-0.39, 0.29) is 0 Å². The highest BCUT2D eigenvalue weighted by Crippen LogP contribution is 2.38. The Labute approximate surface area is 146 Å². The molecule has 0 aliphatic carbocycles. The molecule has 0 saturated carbocycles. The Kier molecular flexibility index (Phi) is 4.99. The van der Waals surface area contributed by atoms with Crippen molar-refractivity contribution in [2.45, 2.75) is 24.7 Å². The van der Waals surface area contributed by atoms with E-state index in [9.17, 15) is 8.42 Å². The molecule has 0 atom stereocenters. The van der Waals surface area contributed by atoms with Gasteiger partial charge in [0, 0.05) is 33.1 Å². The molecular formula is C16H21ClN2O2S2. The topological polar surface area (TPSA) is 49.4 Å². The van der Waals surface area contributed by atoms with Crippen LogP contribution in [0, 0.1) is 12.8 Å². The Morgan fingerprint density at radius 2 is 2.04 bits per heavy atom. The van der Waals surface area contributed by atoms with Crippen LogP contribution in [-0.4, -0.2) is 39.4 Å². The number of sulfonamides is 1. The summed E-state index contributed by atoms with van der Waals surface area (Å²) in [6.45, 7) is 4.00. The quantitative estimate of drug-likeness (QED) is 0.893. The largest absolute Gasteiger partial charge is 0.319 e. The van der Waals surface area contributed by atoms with E-state index in [1.807, 2.05) is 20.0 Å². The molecule has 4 nitrogen and oxygen atoms in total. The van der Waals surface area contributed by atoms with Crippen LogP contribution in [0.5, 0.6) is 0 Å². The number of nitrogens with zero attached hydrogens (tertiary/aromatic N) is 1. The van der Waals surface area contributed by atoms with Crippen LogP contribution >= 0.6 is 22.9 Å². The molecule has 1 aliphatic rings. The molecule has 1 saturated heterocycles. The average Bonchev–Trinajstić information content (AvgIpc) is 2.84. The molecule has 1 fully saturated rings. The second-order valence-electron chi connectivity index (χ2n) is 6.03. The van der Waals surface area contributed by atoms with E-state index < -0.39 is 10.0 Å². The molecular weight excluding hydrogens is 352 g/mol. The molecule has 23 heavy (non-hydrogen) atoms. The number of thiophene rings is 1. The first kappa shape index (κ1) is 17.2. The number of rotatable bonds is 4. The molecule has 1 aliphatic heterocycles. The van der Waals surface area contributed by atoms with Crippen LogP contribution in [0.1, 0.15) is 17.7 Å². The maximum absolute atomic E-state index is 13.1. The highest BCUT2D eigenvalue weighted by molar-refractivity contribution is 7.89. The Morgan fingerprint density at radius 1 is 1.35 bits per heavy atom. The zero-order valence-corrected chi connectivity index (χ0v) is 15.7. The van der Waals surface area contributed by atoms with E-state index in [0.717, 1.165) is 34.3 Å². The molecule has 0 radical (unpaired) electrons. The van der Waals surface area contributed by atoms with Gasteiger partial charge in [-0.3, -0.25) is 0 Å². The maximum atomic E-state index is 13.1. The van der Waals surface area contributed by atoms with E-state index in [1.165, 1.54) is 11.3 Å². The van der Waals surface area contributed by atoms with Crippen LogP contribution in [0.2, 0.25) is 5.02 Å². The maximum Gasteiger partial charge on any atom is 0.244 e. The predicted octanol–water partition coefficient (Wildman–Crippen LogP) is 3.48. The van der Waals surface area contributed by atoms with Gasteiger partial charge < -0.3 is 5.32 Å². The first-order valence-corrected chi connectivity index (χ1v) is 10.4. The molecule has 126 valence electrons. The molecule has 0 unspecified atom stereocenters. The highest BCUT2D eigenvalue weighted by atomic mass is 35.5. The second kappa shape index (κ2) is 6.69. The van der Waals surface area contributed by atoms with Gasteiger partial charge in [-0.2, -0.15) is 4.31 Å². The summed E-state index contributed by atoms with van der Waals surface area (Å²) in [4.78, 5) is 1.27. The summed E-state index contributed by atoms with van der Waals surface area (Å²) >= 11 is 7.59. The lowest BCUT2D eigenvalue weighted by atomic mass is 9.98. The minimum Gasteiger partial charge on any atom is -0.319 e.